The number of hydrogen-bond donors (Lipinski definition) is 0. The Kier molecular flexibility index (Phi) is 3.91. The second kappa shape index (κ2) is 5.30. The van der Waals surface area contributed by atoms with E-state index in [0.29, 0.717) is 25.4 Å². The number of ether oxygens (including phenoxy) is 1. The first-order valence-corrected chi connectivity index (χ1v) is 7.84. The van der Waals surface area contributed by atoms with Crippen LogP contribution in [-0.2, 0) is 10.0 Å². The van der Waals surface area contributed by atoms with Gasteiger partial charge < -0.3 is 9.64 Å². The maximum absolute atomic E-state index is 11.4. The average molecular weight is 286 g/mol. The Morgan fingerprint density at radius 1 is 1.37 bits per heavy atom. The largest absolute Gasteiger partial charge is 0.472 e. The molecule has 1 aromatic rings. The van der Waals surface area contributed by atoms with Gasteiger partial charge in [0.25, 0.3) is 0 Å². The number of nitrogens with zero attached hydrogens (tertiary/aromatic N) is 4. The van der Waals surface area contributed by atoms with Gasteiger partial charge in [-0.25, -0.2) is 8.42 Å². The predicted molar refractivity (Wildman–Crippen MR) is 71.8 cm³/mol. The first kappa shape index (κ1) is 14.0. The van der Waals surface area contributed by atoms with E-state index in [0.717, 1.165) is 5.82 Å². The highest BCUT2D eigenvalue weighted by atomic mass is 32.2. The molecule has 8 heteroatoms. The van der Waals surface area contributed by atoms with E-state index >= 15 is 0 Å². The van der Waals surface area contributed by atoms with Crippen molar-refractivity contribution in [1.82, 2.24) is 14.5 Å². The van der Waals surface area contributed by atoms with Gasteiger partial charge in [-0.1, -0.05) is 0 Å². The Balaban J connectivity index is 1.96. The lowest BCUT2D eigenvalue weighted by Gasteiger charge is -2.15. The van der Waals surface area contributed by atoms with Crippen LogP contribution in [0.2, 0.25) is 0 Å². The fourth-order valence-corrected chi connectivity index (χ4v) is 2.75. The maximum atomic E-state index is 11.4. The monoisotopic (exact) mass is 286 g/mol. The minimum absolute atomic E-state index is 0.158. The van der Waals surface area contributed by atoms with Gasteiger partial charge >= 0.3 is 0 Å². The molecule has 7 nitrogen and oxygen atoms in total. The zero-order valence-corrected chi connectivity index (χ0v) is 12.1. The van der Waals surface area contributed by atoms with Gasteiger partial charge in [-0.2, -0.15) is 4.31 Å². The highest BCUT2D eigenvalue weighted by Crippen LogP contribution is 2.18. The van der Waals surface area contributed by atoms with Crippen molar-refractivity contribution in [2.75, 3.05) is 38.3 Å². The molecule has 2 rings (SSSR count). The Morgan fingerprint density at radius 2 is 2.11 bits per heavy atom. The summed E-state index contributed by atoms with van der Waals surface area (Å²) in [5.74, 6) is 1.17. The quantitative estimate of drug-likeness (QED) is 0.773. The first-order valence-electron chi connectivity index (χ1n) is 5.99. The highest BCUT2D eigenvalue weighted by molar-refractivity contribution is 7.88. The van der Waals surface area contributed by atoms with E-state index in [-0.39, 0.29) is 6.10 Å². The fourth-order valence-electron chi connectivity index (χ4n) is 1.88. The molecule has 0 saturated carbocycles. The summed E-state index contributed by atoms with van der Waals surface area (Å²) in [5, 5.41) is 7.98. The Hall–Kier alpha value is -1.41. The van der Waals surface area contributed by atoms with Crippen molar-refractivity contribution in [2.24, 2.45) is 0 Å². The van der Waals surface area contributed by atoms with Crippen molar-refractivity contribution >= 4 is 15.8 Å². The molecular weight excluding hydrogens is 268 g/mol. The molecule has 19 heavy (non-hydrogen) atoms. The lowest BCUT2D eigenvalue weighted by atomic mass is 10.3. The zero-order valence-electron chi connectivity index (χ0n) is 11.3. The molecule has 0 aromatic carbocycles. The Morgan fingerprint density at radius 3 is 2.58 bits per heavy atom. The molecule has 1 unspecified atom stereocenters. The zero-order chi connectivity index (χ0) is 14.0. The van der Waals surface area contributed by atoms with Crippen LogP contribution in [0.15, 0.2) is 12.1 Å². The molecule has 0 bridgehead atoms. The second-order valence-corrected chi connectivity index (χ2v) is 6.76. The third-order valence-electron chi connectivity index (χ3n) is 2.95. The van der Waals surface area contributed by atoms with E-state index in [2.05, 4.69) is 10.2 Å². The molecule has 0 spiro atoms. The topological polar surface area (TPSA) is 75.6 Å². The van der Waals surface area contributed by atoms with E-state index in [4.69, 9.17) is 4.74 Å². The van der Waals surface area contributed by atoms with Crippen LogP contribution in [0.5, 0.6) is 5.88 Å². The third-order valence-corrected chi connectivity index (χ3v) is 4.22. The van der Waals surface area contributed by atoms with Gasteiger partial charge in [0.15, 0.2) is 5.82 Å². The summed E-state index contributed by atoms with van der Waals surface area (Å²) in [4.78, 5) is 1.84. The van der Waals surface area contributed by atoms with Crippen molar-refractivity contribution < 1.29 is 13.2 Å². The minimum atomic E-state index is -3.14. The third kappa shape index (κ3) is 3.54. The smallest absolute Gasteiger partial charge is 0.233 e. The van der Waals surface area contributed by atoms with Crippen molar-refractivity contribution in [1.29, 1.82) is 0 Å². The molecule has 1 aliphatic heterocycles. The fraction of sp³-hybridized carbons (Fsp3) is 0.636. The average Bonchev–Trinajstić information content (AvgIpc) is 2.78. The van der Waals surface area contributed by atoms with E-state index in [1.54, 1.807) is 6.07 Å². The summed E-state index contributed by atoms with van der Waals surface area (Å²) >= 11 is 0. The molecule has 1 aromatic heterocycles. The molecule has 0 amide bonds. The van der Waals surface area contributed by atoms with E-state index < -0.39 is 10.0 Å². The summed E-state index contributed by atoms with van der Waals surface area (Å²) in [6.45, 7) is 0.864. The number of rotatable bonds is 4. The molecule has 1 aliphatic rings. The summed E-state index contributed by atoms with van der Waals surface area (Å²) in [6, 6.07) is 3.55. The van der Waals surface area contributed by atoms with Crippen LogP contribution < -0.4 is 9.64 Å². The molecule has 0 radical (unpaired) electrons. The van der Waals surface area contributed by atoms with Crippen LogP contribution in [0.1, 0.15) is 6.42 Å². The van der Waals surface area contributed by atoms with Crippen LogP contribution in [0, 0.1) is 0 Å². The number of hydrogen-bond acceptors (Lipinski definition) is 6. The predicted octanol–water partition coefficient (Wildman–Crippen LogP) is -0.0447. The molecule has 0 N–H and O–H groups in total. The minimum Gasteiger partial charge on any atom is -0.472 e. The molecule has 0 aliphatic carbocycles. The normalized spacial score (nSPS) is 20.5. The van der Waals surface area contributed by atoms with Crippen molar-refractivity contribution in [3.05, 3.63) is 12.1 Å². The first-order chi connectivity index (χ1) is 8.86. The molecule has 1 fully saturated rings. The van der Waals surface area contributed by atoms with Gasteiger partial charge in [-0.05, 0) is 12.5 Å². The Bertz CT molecular complexity index is 529. The number of sulfonamides is 1. The molecule has 1 saturated heterocycles. The molecule has 106 valence electrons. The van der Waals surface area contributed by atoms with E-state index in [9.17, 15) is 8.42 Å². The van der Waals surface area contributed by atoms with Crippen molar-refractivity contribution in [3.8, 4) is 5.88 Å². The van der Waals surface area contributed by atoms with Crippen molar-refractivity contribution in [2.45, 2.75) is 12.5 Å². The summed E-state index contributed by atoms with van der Waals surface area (Å²) < 4.78 is 29.8. The van der Waals surface area contributed by atoms with Gasteiger partial charge in [0.2, 0.25) is 15.9 Å². The molecular formula is C11H18N4O3S. The van der Waals surface area contributed by atoms with Gasteiger partial charge in [-0.3, -0.25) is 0 Å². The van der Waals surface area contributed by atoms with Crippen molar-refractivity contribution in [3.63, 3.8) is 0 Å². The van der Waals surface area contributed by atoms with Crippen LogP contribution in [-0.4, -0.2) is 62.5 Å². The number of anilines is 1. The summed E-state index contributed by atoms with van der Waals surface area (Å²) in [7, 11) is 0.626. The molecule has 1 atom stereocenters. The lowest BCUT2D eigenvalue weighted by molar-refractivity contribution is 0.205. The van der Waals surface area contributed by atoms with Crippen LogP contribution in [0.4, 0.5) is 5.82 Å². The summed E-state index contributed by atoms with van der Waals surface area (Å²) in [5.41, 5.74) is 0. The second-order valence-electron chi connectivity index (χ2n) is 4.77. The Labute approximate surface area is 113 Å². The van der Waals surface area contributed by atoms with Gasteiger partial charge in [0, 0.05) is 26.7 Å². The summed E-state index contributed by atoms with van der Waals surface area (Å²) in [6.07, 6.45) is 1.72. The van der Waals surface area contributed by atoms with Crippen LogP contribution >= 0.6 is 0 Å². The van der Waals surface area contributed by atoms with E-state index in [1.807, 2.05) is 25.1 Å². The maximum Gasteiger partial charge on any atom is 0.233 e. The van der Waals surface area contributed by atoms with Gasteiger partial charge in [0.1, 0.15) is 6.10 Å². The van der Waals surface area contributed by atoms with Crippen LogP contribution in [0.3, 0.4) is 0 Å². The highest BCUT2D eigenvalue weighted by Gasteiger charge is 2.30. The van der Waals surface area contributed by atoms with Gasteiger partial charge in [0.05, 0.1) is 12.8 Å². The van der Waals surface area contributed by atoms with Crippen LogP contribution in [0.25, 0.3) is 0 Å². The van der Waals surface area contributed by atoms with E-state index in [1.165, 1.54) is 10.6 Å². The SMILES string of the molecule is CN(C)c1ccc(OC2CCN(S(C)(=O)=O)C2)nn1. The molecule has 2 heterocycles. The van der Waals surface area contributed by atoms with Gasteiger partial charge in [-0.15, -0.1) is 10.2 Å². The number of aromatic nitrogens is 2. The lowest BCUT2D eigenvalue weighted by Crippen LogP contribution is -2.30. The standard InChI is InChI=1S/C11H18N4O3S/c1-14(2)10-4-5-11(13-12-10)18-9-6-7-15(8-9)19(3,16)17/h4-5,9H,6-8H2,1-3H3.